The molecule has 1 heterocycles. The molecule has 1 rings (SSSR count). The fraction of sp³-hybridized carbons (Fsp3) is 0.857. The zero-order valence-electron chi connectivity index (χ0n) is 12.2. The van der Waals surface area contributed by atoms with Crippen LogP contribution in [0.5, 0.6) is 0 Å². The van der Waals surface area contributed by atoms with Crippen molar-refractivity contribution < 1.29 is 14.7 Å². The molecule has 0 aliphatic carbocycles. The zero-order valence-corrected chi connectivity index (χ0v) is 12.2. The van der Waals surface area contributed by atoms with Gasteiger partial charge in [0.25, 0.3) is 0 Å². The van der Waals surface area contributed by atoms with Crippen LogP contribution < -0.4 is 5.32 Å². The van der Waals surface area contributed by atoms with Gasteiger partial charge >= 0.3 is 5.97 Å². The third kappa shape index (κ3) is 5.19. The Bertz CT molecular complexity index is 312. The molecule has 0 aromatic carbocycles. The summed E-state index contributed by atoms with van der Waals surface area (Å²) in [7, 11) is 0. The van der Waals surface area contributed by atoms with Crippen LogP contribution in [-0.4, -0.2) is 47.6 Å². The molecule has 1 amide bonds. The van der Waals surface area contributed by atoms with Crippen LogP contribution in [0.1, 0.15) is 40.0 Å². The summed E-state index contributed by atoms with van der Waals surface area (Å²) in [6, 6.07) is -0.777. The van der Waals surface area contributed by atoms with Crippen LogP contribution in [-0.2, 0) is 9.59 Å². The Morgan fingerprint density at radius 2 is 1.95 bits per heavy atom. The van der Waals surface area contributed by atoms with Crippen LogP contribution in [0.25, 0.3) is 0 Å². The maximum Gasteiger partial charge on any atom is 0.326 e. The van der Waals surface area contributed by atoms with Crippen LogP contribution in [0.2, 0.25) is 0 Å². The van der Waals surface area contributed by atoms with E-state index in [4.69, 9.17) is 5.11 Å². The molecular weight excluding hydrogens is 244 g/mol. The number of hydrogen-bond acceptors (Lipinski definition) is 3. The molecule has 1 aliphatic heterocycles. The molecular formula is C14H26N2O3. The molecule has 0 aromatic rings. The Hall–Kier alpha value is -1.10. The quantitative estimate of drug-likeness (QED) is 0.764. The fourth-order valence-electron chi connectivity index (χ4n) is 2.33. The number of hydrogen-bond donors (Lipinski definition) is 2. The van der Waals surface area contributed by atoms with Gasteiger partial charge in [-0.25, -0.2) is 4.79 Å². The van der Waals surface area contributed by atoms with Gasteiger partial charge in [-0.15, -0.1) is 0 Å². The molecule has 5 heteroatoms. The van der Waals surface area contributed by atoms with Crippen molar-refractivity contribution in [3.63, 3.8) is 0 Å². The molecule has 19 heavy (non-hydrogen) atoms. The molecule has 5 nitrogen and oxygen atoms in total. The highest BCUT2D eigenvalue weighted by atomic mass is 16.4. The number of aliphatic carboxylic acids is 1. The van der Waals surface area contributed by atoms with E-state index in [0.29, 0.717) is 6.54 Å². The highest BCUT2D eigenvalue weighted by molar-refractivity contribution is 5.84. The smallest absolute Gasteiger partial charge is 0.326 e. The van der Waals surface area contributed by atoms with Crippen molar-refractivity contribution in [3.8, 4) is 0 Å². The summed E-state index contributed by atoms with van der Waals surface area (Å²) in [6.07, 6.45) is 2.96. The Morgan fingerprint density at radius 3 is 2.42 bits per heavy atom. The van der Waals surface area contributed by atoms with Crippen LogP contribution >= 0.6 is 0 Å². The number of carboxylic acids is 1. The van der Waals surface area contributed by atoms with Crippen LogP contribution in [0.15, 0.2) is 0 Å². The molecule has 0 saturated carbocycles. The van der Waals surface area contributed by atoms with Gasteiger partial charge < -0.3 is 10.4 Å². The average molecular weight is 270 g/mol. The molecule has 2 atom stereocenters. The first-order valence-corrected chi connectivity index (χ1v) is 7.18. The summed E-state index contributed by atoms with van der Waals surface area (Å²) in [4.78, 5) is 25.2. The van der Waals surface area contributed by atoms with Crippen molar-refractivity contribution in [2.24, 2.45) is 11.8 Å². The summed E-state index contributed by atoms with van der Waals surface area (Å²) in [5.74, 6) is -0.453. The highest BCUT2D eigenvalue weighted by Gasteiger charge is 2.26. The van der Waals surface area contributed by atoms with Gasteiger partial charge in [0.05, 0.1) is 6.54 Å². The first-order valence-electron chi connectivity index (χ1n) is 7.18. The number of likely N-dealkylation sites (tertiary alicyclic amines) is 1. The lowest BCUT2D eigenvalue weighted by Crippen LogP contribution is -2.49. The third-order valence-corrected chi connectivity index (χ3v) is 4.04. The Labute approximate surface area is 115 Å². The second kappa shape index (κ2) is 7.48. The Morgan fingerprint density at radius 1 is 1.37 bits per heavy atom. The minimum absolute atomic E-state index is 0.0529. The number of amides is 1. The number of nitrogens with one attached hydrogen (secondary N) is 1. The van der Waals surface area contributed by atoms with Crippen LogP contribution in [0.3, 0.4) is 0 Å². The molecule has 0 unspecified atom stereocenters. The van der Waals surface area contributed by atoms with E-state index in [-0.39, 0.29) is 11.8 Å². The van der Waals surface area contributed by atoms with E-state index < -0.39 is 12.0 Å². The predicted octanol–water partition coefficient (Wildman–Crippen LogP) is 1.33. The third-order valence-electron chi connectivity index (χ3n) is 4.04. The van der Waals surface area contributed by atoms with Gasteiger partial charge in [-0.1, -0.05) is 27.2 Å². The summed E-state index contributed by atoms with van der Waals surface area (Å²) < 4.78 is 0. The van der Waals surface area contributed by atoms with Crippen LogP contribution in [0.4, 0.5) is 0 Å². The minimum Gasteiger partial charge on any atom is -0.480 e. The van der Waals surface area contributed by atoms with E-state index in [0.717, 1.165) is 38.3 Å². The van der Waals surface area contributed by atoms with Gasteiger partial charge in [0, 0.05) is 0 Å². The van der Waals surface area contributed by atoms with E-state index >= 15 is 0 Å². The van der Waals surface area contributed by atoms with E-state index in [9.17, 15) is 9.59 Å². The summed E-state index contributed by atoms with van der Waals surface area (Å²) in [5, 5.41) is 11.8. The monoisotopic (exact) mass is 270 g/mol. The second-order valence-corrected chi connectivity index (χ2v) is 5.73. The molecule has 1 aliphatic rings. The highest BCUT2D eigenvalue weighted by Crippen LogP contribution is 2.15. The SMILES string of the molecule is CC[C@H](C)[C@H](NC(=O)CN1CCC(C)CC1)C(=O)O. The average Bonchev–Trinajstić information content (AvgIpc) is 2.37. The van der Waals surface area contributed by atoms with Gasteiger partial charge in [0.15, 0.2) is 0 Å². The standard InChI is InChI=1S/C14H26N2O3/c1-4-11(3)13(14(18)19)15-12(17)9-16-7-5-10(2)6-8-16/h10-11,13H,4-9H2,1-3H3,(H,15,17)(H,18,19)/t11-,13-/m0/s1. The largest absolute Gasteiger partial charge is 0.480 e. The Balaban J connectivity index is 2.42. The summed E-state index contributed by atoms with van der Waals surface area (Å²) >= 11 is 0. The summed E-state index contributed by atoms with van der Waals surface area (Å²) in [5.41, 5.74) is 0. The van der Waals surface area contributed by atoms with Gasteiger partial charge in [-0.3, -0.25) is 9.69 Å². The second-order valence-electron chi connectivity index (χ2n) is 5.73. The predicted molar refractivity (Wildman–Crippen MR) is 73.9 cm³/mol. The molecule has 0 bridgehead atoms. The lowest BCUT2D eigenvalue weighted by atomic mass is 9.98. The number of nitrogens with zero attached hydrogens (tertiary/aromatic N) is 1. The van der Waals surface area contributed by atoms with Crippen molar-refractivity contribution in [1.82, 2.24) is 10.2 Å². The van der Waals surface area contributed by atoms with Gasteiger partial charge in [0.2, 0.25) is 5.91 Å². The van der Waals surface area contributed by atoms with Crippen molar-refractivity contribution in [3.05, 3.63) is 0 Å². The van der Waals surface area contributed by atoms with Gasteiger partial charge in [-0.2, -0.15) is 0 Å². The maximum absolute atomic E-state index is 11.9. The number of piperidine rings is 1. The molecule has 0 aromatic heterocycles. The number of rotatable bonds is 6. The van der Waals surface area contributed by atoms with Crippen molar-refractivity contribution >= 4 is 11.9 Å². The van der Waals surface area contributed by atoms with Crippen LogP contribution in [0, 0.1) is 11.8 Å². The van der Waals surface area contributed by atoms with Gasteiger partial charge in [0.1, 0.15) is 6.04 Å². The topological polar surface area (TPSA) is 69.6 Å². The molecule has 2 N–H and O–H groups in total. The fourth-order valence-corrected chi connectivity index (χ4v) is 2.33. The lowest BCUT2D eigenvalue weighted by Gasteiger charge is -2.30. The normalized spacial score (nSPS) is 20.8. The zero-order chi connectivity index (χ0) is 14.4. The minimum atomic E-state index is -0.949. The van der Waals surface area contributed by atoms with E-state index in [1.807, 2.05) is 13.8 Å². The number of carbonyl (C=O) groups excluding carboxylic acids is 1. The van der Waals surface area contributed by atoms with Crippen molar-refractivity contribution in [2.45, 2.75) is 46.1 Å². The lowest BCUT2D eigenvalue weighted by molar-refractivity contribution is -0.143. The number of carboxylic acid groups (broad SMARTS) is 1. The summed E-state index contributed by atoms with van der Waals surface area (Å²) in [6.45, 7) is 8.17. The maximum atomic E-state index is 11.9. The first-order chi connectivity index (χ1) is 8.93. The first kappa shape index (κ1) is 16.0. The number of carbonyl (C=O) groups is 2. The molecule has 110 valence electrons. The molecule has 1 saturated heterocycles. The Kier molecular flexibility index (Phi) is 6.28. The van der Waals surface area contributed by atoms with Crippen molar-refractivity contribution in [2.75, 3.05) is 19.6 Å². The molecule has 0 radical (unpaired) electrons. The van der Waals surface area contributed by atoms with E-state index in [1.54, 1.807) is 0 Å². The molecule has 1 fully saturated rings. The van der Waals surface area contributed by atoms with E-state index in [2.05, 4.69) is 17.1 Å². The van der Waals surface area contributed by atoms with Gasteiger partial charge in [-0.05, 0) is 37.8 Å². The molecule has 0 spiro atoms. The van der Waals surface area contributed by atoms with Crippen molar-refractivity contribution in [1.29, 1.82) is 0 Å². The van der Waals surface area contributed by atoms with E-state index in [1.165, 1.54) is 0 Å².